The zero-order valence-corrected chi connectivity index (χ0v) is 30.5. The van der Waals surface area contributed by atoms with Crippen molar-refractivity contribution in [3.63, 3.8) is 0 Å². The number of benzene rings is 7. The molecule has 11 rings (SSSR count). The fourth-order valence-electron chi connectivity index (χ4n) is 7.26. The number of aromatic nitrogens is 6. The van der Waals surface area contributed by atoms with Crippen LogP contribution < -0.4 is 0 Å². The summed E-state index contributed by atoms with van der Waals surface area (Å²) in [5.41, 5.74) is 7.02. The smallest absolute Gasteiger partial charge is 0.167 e. The van der Waals surface area contributed by atoms with E-state index in [1.807, 2.05) is 121 Å². The Kier molecular flexibility index (Phi) is 7.53. The van der Waals surface area contributed by atoms with E-state index in [0.29, 0.717) is 34.9 Å². The predicted octanol–water partition coefficient (Wildman–Crippen LogP) is 12.3. The molecule has 262 valence electrons. The van der Waals surface area contributed by atoms with Crippen molar-refractivity contribution in [1.29, 1.82) is 0 Å². The van der Waals surface area contributed by atoms with E-state index in [1.54, 1.807) is 11.3 Å². The van der Waals surface area contributed by atoms with Crippen molar-refractivity contribution in [1.82, 2.24) is 29.9 Å². The summed E-state index contributed by atoms with van der Waals surface area (Å²) in [4.78, 5) is 30.0. The van der Waals surface area contributed by atoms with Gasteiger partial charge >= 0.3 is 0 Å². The molecule has 8 heteroatoms. The quantitative estimate of drug-likeness (QED) is 0.168. The minimum absolute atomic E-state index is 0.556. The molecule has 0 N–H and O–H groups in total. The third kappa shape index (κ3) is 5.59. The molecule has 4 aromatic heterocycles. The third-order valence-electron chi connectivity index (χ3n) is 10.00. The summed E-state index contributed by atoms with van der Waals surface area (Å²) in [6.45, 7) is 0. The zero-order valence-electron chi connectivity index (χ0n) is 29.7. The maximum absolute atomic E-state index is 6.41. The molecule has 0 amide bonds. The summed E-state index contributed by atoms with van der Waals surface area (Å²) in [5.74, 6) is 3.65. The van der Waals surface area contributed by atoms with Gasteiger partial charge in [-0.25, -0.2) is 29.9 Å². The first-order valence-electron chi connectivity index (χ1n) is 18.3. The largest absolute Gasteiger partial charge is 0.455 e. The van der Waals surface area contributed by atoms with Crippen LogP contribution in [0.4, 0.5) is 0 Å². The lowest BCUT2D eigenvalue weighted by molar-refractivity contribution is 0.669. The van der Waals surface area contributed by atoms with Crippen LogP contribution in [0.3, 0.4) is 0 Å². The normalized spacial score (nSPS) is 11.6. The Morgan fingerprint density at radius 1 is 0.321 bits per heavy atom. The van der Waals surface area contributed by atoms with Crippen molar-refractivity contribution >= 4 is 53.4 Å². The molecule has 0 aliphatic heterocycles. The summed E-state index contributed by atoms with van der Waals surface area (Å²) in [7, 11) is 0. The van der Waals surface area contributed by atoms with Crippen LogP contribution in [-0.4, -0.2) is 29.9 Å². The molecule has 7 nitrogen and oxygen atoms in total. The van der Waals surface area contributed by atoms with Crippen LogP contribution in [0.25, 0.3) is 110 Å². The average Bonchev–Trinajstić information content (AvgIpc) is 3.85. The molecule has 4 heterocycles. The van der Waals surface area contributed by atoms with Gasteiger partial charge in [0.25, 0.3) is 0 Å². The number of hydrogen-bond acceptors (Lipinski definition) is 8. The minimum atomic E-state index is 0.556. The van der Waals surface area contributed by atoms with Gasteiger partial charge in [0.2, 0.25) is 0 Å². The first kappa shape index (κ1) is 32.0. The van der Waals surface area contributed by atoms with Crippen molar-refractivity contribution in [3.05, 3.63) is 170 Å². The lowest BCUT2D eigenvalue weighted by Gasteiger charge is -2.09. The molecule has 0 saturated carbocycles. The first-order chi connectivity index (χ1) is 27.7. The molecule has 0 aliphatic rings. The summed E-state index contributed by atoms with van der Waals surface area (Å²) < 4.78 is 8.71. The Bertz CT molecular complexity index is 3200. The molecular weight excluding hydrogens is 709 g/mol. The summed E-state index contributed by atoms with van der Waals surface area (Å²) in [5, 5.41) is 4.35. The maximum Gasteiger partial charge on any atom is 0.167 e. The Morgan fingerprint density at radius 3 is 1.45 bits per heavy atom. The van der Waals surface area contributed by atoms with Crippen molar-refractivity contribution in [2.45, 2.75) is 0 Å². The molecule has 0 bridgehead atoms. The third-order valence-corrected chi connectivity index (χ3v) is 11.1. The van der Waals surface area contributed by atoms with Crippen molar-refractivity contribution in [3.8, 4) is 68.3 Å². The van der Waals surface area contributed by atoms with Crippen LogP contribution in [0, 0.1) is 0 Å². The highest BCUT2D eigenvalue weighted by Crippen LogP contribution is 2.39. The second-order valence-electron chi connectivity index (χ2n) is 13.5. The van der Waals surface area contributed by atoms with Gasteiger partial charge in [0.15, 0.2) is 34.9 Å². The van der Waals surface area contributed by atoms with Crippen molar-refractivity contribution in [2.75, 3.05) is 0 Å². The monoisotopic (exact) mass is 736 g/mol. The number of thiophene rings is 1. The average molecular weight is 737 g/mol. The number of hydrogen-bond donors (Lipinski definition) is 0. The number of nitrogens with zero attached hydrogens (tertiary/aromatic N) is 6. The molecule has 0 saturated heterocycles. The van der Waals surface area contributed by atoms with Crippen molar-refractivity contribution in [2.24, 2.45) is 0 Å². The molecular formula is C48H28N6OS. The number of fused-ring (bicyclic) bond motifs is 6. The van der Waals surface area contributed by atoms with E-state index >= 15 is 0 Å². The van der Waals surface area contributed by atoms with Crippen LogP contribution in [0.2, 0.25) is 0 Å². The van der Waals surface area contributed by atoms with E-state index < -0.39 is 0 Å². The molecule has 0 aliphatic carbocycles. The van der Waals surface area contributed by atoms with E-state index in [0.717, 1.165) is 75.5 Å². The highest BCUT2D eigenvalue weighted by molar-refractivity contribution is 7.25. The topological polar surface area (TPSA) is 90.5 Å². The summed E-state index contributed by atoms with van der Waals surface area (Å²) >= 11 is 1.74. The SMILES string of the molecule is c1ccc(-c2nc(-c3ccccc3)nc(-c3ccc4c(c3)sc3ccc(-c5nc(-c6ccccc6)nc(-c6cccc7c6oc6ccccc67)n5)cc34)n2)cc1. The van der Waals surface area contributed by atoms with E-state index in [2.05, 4.69) is 48.5 Å². The first-order valence-corrected chi connectivity index (χ1v) is 19.1. The molecule has 7 aromatic carbocycles. The number of rotatable bonds is 6. The van der Waals surface area contributed by atoms with Gasteiger partial charge in [-0.15, -0.1) is 11.3 Å². The lowest BCUT2D eigenvalue weighted by atomic mass is 10.1. The fourth-order valence-corrected chi connectivity index (χ4v) is 8.38. The predicted molar refractivity (Wildman–Crippen MR) is 226 cm³/mol. The maximum atomic E-state index is 6.41. The Morgan fingerprint density at radius 2 is 0.821 bits per heavy atom. The van der Waals surface area contributed by atoms with Gasteiger partial charge < -0.3 is 4.42 Å². The second kappa shape index (κ2) is 13.2. The standard InChI is InChI=1S/C48H28N6OS/c1-4-13-29(14-5-1)43-49-44(30-15-6-2-7-16-30)51-47(50-43)33-23-25-35-38-27-32(24-26-40(38)56-41(35)28-33)46-52-45(31-17-8-3-9-18-31)53-48(54-46)37-21-12-20-36-34-19-10-11-22-39(34)55-42(36)37/h1-28H. The van der Waals surface area contributed by atoms with Gasteiger partial charge in [0, 0.05) is 58.8 Å². The molecule has 11 aromatic rings. The molecule has 0 atom stereocenters. The molecule has 56 heavy (non-hydrogen) atoms. The summed E-state index contributed by atoms with van der Waals surface area (Å²) in [6.07, 6.45) is 0. The van der Waals surface area contributed by atoms with E-state index in [4.69, 9.17) is 34.3 Å². The highest BCUT2D eigenvalue weighted by Gasteiger charge is 2.19. The number of furan rings is 1. The van der Waals surface area contributed by atoms with Gasteiger partial charge in [-0.1, -0.05) is 133 Å². The highest BCUT2D eigenvalue weighted by atomic mass is 32.1. The van der Waals surface area contributed by atoms with Crippen LogP contribution >= 0.6 is 11.3 Å². The second-order valence-corrected chi connectivity index (χ2v) is 14.6. The summed E-state index contributed by atoms with van der Waals surface area (Å²) in [6, 6.07) is 57.2. The Hall–Kier alpha value is -7.42. The molecule has 0 fully saturated rings. The van der Waals surface area contributed by atoms with E-state index in [-0.39, 0.29) is 0 Å². The lowest BCUT2D eigenvalue weighted by Crippen LogP contribution is -2.00. The molecule has 0 radical (unpaired) electrons. The van der Waals surface area contributed by atoms with Crippen LogP contribution in [0.15, 0.2) is 174 Å². The van der Waals surface area contributed by atoms with Gasteiger partial charge in [0.05, 0.1) is 5.56 Å². The molecule has 0 spiro atoms. The van der Waals surface area contributed by atoms with Crippen LogP contribution in [-0.2, 0) is 0 Å². The Labute approximate surface area is 324 Å². The van der Waals surface area contributed by atoms with Crippen LogP contribution in [0.1, 0.15) is 0 Å². The fraction of sp³-hybridized carbons (Fsp3) is 0. The molecule has 0 unspecified atom stereocenters. The van der Waals surface area contributed by atoms with E-state index in [9.17, 15) is 0 Å². The number of para-hydroxylation sites is 2. The van der Waals surface area contributed by atoms with Gasteiger partial charge in [0.1, 0.15) is 11.2 Å². The van der Waals surface area contributed by atoms with Gasteiger partial charge in [-0.2, -0.15) is 0 Å². The van der Waals surface area contributed by atoms with Crippen LogP contribution in [0.5, 0.6) is 0 Å². The van der Waals surface area contributed by atoms with Gasteiger partial charge in [-0.3, -0.25) is 0 Å². The van der Waals surface area contributed by atoms with Gasteiger partial charge in [-0.05, 0) is 36.4 Å². The minimum Gasteiger partial charge on any atom is -0.455 e. The van der Waals surface area contributed by atoms with E-state index in [1.165, 1.54) is 0 Å². The zero-order chi connectivity index (χ0) is 37.0. The van der Waals surface area contributed by atoms with Crippen molar-refractivity contribution < 1.29 is 4.42 Å². The Balaban J connectivity index is 1.04.